The van der Waals surface area contributed by atoms with Gasteiger partial charge in [-0.05, 0) is 37.1 Å². The number of hydrogen-bond donors (Lipinski definition) is 3. The molecule has 3 N–H and O–H groups in total. The van der Waals surface area contributed by atoms with Crippen molar-refractivity contribution in [3.05, 3.63) is 29.6 Å². The zero-order chi connectivity index (χ0) is 14.8. The van der Waals surface area contributed by atoms with Crippen LogP contribution in [0, 0.1) is 5.82 Å². The van der Waals surface area contributed by atoms with Gasteiger partial charge in [-0.2, -0.15) is 0 Å². The van der Waals surface area contributed by atoms with Crippen LogP contribution < -0.4 is 16.0 Å². The van der Waals surface area contributed by atoms with E-state index in [1.165, 1.54) is 12.1 Å². The van der Waals surface area contributed by atoms with Crippen molar-refractivity contribution in [2.24, 2.45) is 0 Å². The van der Waals surface area contributed by atoms with Crippen LogP contribution in [0.5, 0.6) is 0 Å². The SMILES string of the molecule is Cl.O=C1CC(C(=O)NCC2CCCN2)c2ccc(F)cc2N1. The fourth-order valence-corrected chi connectivity index (χ4v) is 2.95. The van der Waals surface area contributed by atoms with E-state index >= 15 is 0 Å². The largest absolute Gasteiger partial charge is 0.354 e. The van der Waals surface area contributed by atoms with Crippen molar-refractivity contribution >= 4 is 29.9 Å². The van der Waals surface area contributed by atoms with E-state index in [1.807, 2.05) is 0 Å². The van der Waals surface area contributed by atoms with Crippen LogP contribution in [-0.2, 0) is 9.59 Å². The first-order valence-corrected chi connectivity index (χ1v) is 7.24. The predicted octanol–water partition coefficient (Wildman–Crippen LogP) is 1.54. The number of anilines is 1. The molecule has 1 fully saturated rings. The van der Waals surface area contributed by atoms with Crippen LogP contribution in [0.3, 0.4) is 0 Å². The summed E-state index contributed by atoms with van der Waals surface area (Å²) in [5, 5.41) is 8.81. The highest BCUT2D eigenvalue weighted by Gasteiger charge is 2.31. The van der Waals surface area contributed by atoms with Crippen molar-refractivity contribution in [2.45, 2.75) is 31.2 Å². The Balaban J connectivity index is 0.00000176. The third-order valence-corrected chi connectivity index (χ3v) is 4.06. The highest BCUT2D eigenvalue weighted by Crippen LogP contribution is 2.32. The van der Waals surface area contributed by atoms with Gasteiger partial charge < -0.3 is 16.0 Å². The molecule has 2 aliphatic rings. The van der Waals surface area contributed by atoms with Crippen molar-refractivity contribution in [1.82, 2.24) is 10.6 Å². The van der Waals surface area contributed by atoms with Crippen LogP contribution >= 0.6 is 12.4 Å². The van der Waals surface area contributed by atoms with Crippen LogP contribution in [-0.4, -0.2) is 30.9 Å². The van der Waals surface area contributed by atoms with E-state index in [-0.39, 0.29) is 30.6 Å². The van der Waals surface area contributed by atoms with Gasteiger partial charge in [-0.1, -0.05) is 6.07 Å². The number of benzene rings is 1. The van der Waals surface area contributed by atoms with Gasteiger partial charge in [0.15, 0.2) is 0 Å². The van der Waals surface area contributed by atoms with Gasteiger partial charge >= 0.3 is 0 Å². The Labute approximate surface area is 134 Å². The number of carbonyl (C=O) groups is 2. The maximum Gasteiger partial charge on any atom is 0.228 e. The minimum absolute atomic E-state index is 0. The summed E-state index contributed by atoms with van der Waals surface area (Å²) in [7, 11) is 0. The molecule has 0 aromatic heterocycles. The fourth-order valence-electron chi connectivity index (χ4n) is 2.95. The molecule has 2 atom stereocenters. The predicted molar refractivity (Wildman–Crippen MR) is 83.7 cm³/mol. The van der Waals surface area contributed by atoms with Crippen LogP contribution in [0.1, 0.15) is 30.7 Å². The van der Waals surface area contributed by atoms with Crippen molar-refractivity contribution in [3.63, 3.8) is 0 Å². The molecule has 1 saturated heterocycles. The lowest BCUT2D eigenvalue weighted by Gasteiger charge is -2.25. The first-order valence-electron chi connectivity index (χ1n) is 7.24. The molecule has 0 saturated carbocycles. The molecular weight excluding hydrogens is 309 g/mol. The van der Waals surface area contributed by atoms with E-state index in [0.717, 1.165) is 19.4 Å². The summed E-state index contributed by atoms with van der Waals surface area (Å²) in [6.45, 7) is 1.54. The van der Waals surface area contributed by atoms with Crippen LogP contribution in [0.15, 0.2) is 18.2 Å². The van der Waals surface area contributed by atoms with E-state index < -0.39 is 11.7 Å². The second-order valence-corrected chi connectivity index (χ2v) is 5.57. The van der Waals surface area contributed by atoms with Crippen LogP contribution in [0.25, 0.3) is 0 Å². The molecule has 3 rings (SSSR count). The molecule has 0 bridgehead atoms. The molecule has 7 heteroatoms. The molecule has 2 amide bonds. The lowest BCUT2D eigenvalue weighted by molar-refractivity contribution is -0.126. The van der Waals surface area contributed by atoms with Gasteiger partial charge in [0, 0.05) is 24.7 Å². The molecule has 2 aliphatic heterocycles. The highest BCUT2D eigenvalue weighted by molar-refractivity contribution is 6.01. The standard InChI is InChI=1S/C15H18FN3O2.ClH/c16-9-3-4-11-12(7-14(20)19-13(11)6-9)15(21)18-8-10-2-1-5-17-10;/h3-4,6,10,12,17H,1-2,5,7-8H2,(H,18,21)(H,19,20);1H. The minimum Gasteiger partial charge on any atom is -0.354 e. The van der Waals surface area contributed by atoms with E-state index in [2.05, 4.69) is 16.0 Å². The molecule has 2 unspecified atom stereocenters. The summed E-state index contributed by atoms with van der Waals surface area (Å²) in [6, 6.07) is 4.45. The lowest BCUT2D eigenvalue weighted by Crippen LogP contribution is -2.41. The average molecular weight is 328 g/mol. The molecule has 1 aromatic rings. The Hall–Kier alpha value is -1.66. The molecule has 2 heterocycles. The second kappa shape index (κ2) is 7.07. The van der Waals surface area contributed by atoms with E-state index in [1.54, 1.807) is 6.07 Å². The Morgan fingerprint density at radius 2 is 2.23 bits per heavy atom. The first kappa shape index (κ1) is 16.7. The van der Waals surface area contributed by atoms with Gasteiger partial charge in [-0.3, -0.25) is 9.59 Å². The highest BCUT2D eigenvalue weighted by atomic mass is 35.5. The molecule has 22 heavy (non-hydrogen) atoms. The molecule has 0 spiro atoms. The second-order valence-electron chi connectivity index (χ2n) is 5.57. The van der Waals surface area contributed by atoms with Gasteiger partial charge in [0.25, 0.3) is 0 Å². The number of hydrogen-bond acceptors (Lipinski definition) is 3. The zero-order valence-electron chi connectivity index (χ0n) is 12.0. The van der Waals surface area contributed by atoms with Crippen LogP contribution in [0.4, 0.5) is 10.1 Å². The maximum absolute atomic E-state index is 13.2. The van der Waals surface area contributed by atoms with Crippen LogP contribution in [0.2, 0.25) is 0 Å². The Bertz CT molecular complexity index is 576. The molecular formula is C15H19ClFN3O2. The van der Waals surface area contributed by atoms with E-state index in [4.69, 9.17) is 0 Å². The molecule has 5 nitrogen and oxygen atoms in total. The van der Waals surface area contributed by atoms with Gasteiger partial charge in [-0.15, -0.1) is 12.4 Å². The molecule has 0 radical (unpaired) electrons. The third-order valence-electron chi connectivity index (χ3n) is 4.06. The van der Waals surface area contributed by atoms with Crippen molar-refractivity contribution in [3.8, 4) is 0 Å². The summed E-state index contributed by atoms with van der Waals surface area (Å²) in [5.74, 6) is -1.40. The zero-order valence-corrected chi connectivity index (χ0v) is 12.8. The third kappa shape index (κ3) is 3.56. The first-order chi connectivity index (χ1) is 10.1. The van der Waals surface area contributed by atoms with E-state index in [0.29, 0.717) is 23.8 Å². The summed E-state index contributed by atoms with van der Waals surface area (Å²) in [6.07, 6.45) is 2.27. The summed E-state index contributed by atoms with van der Waals surface area (Å²) >= 11 is 0. The van der Waals surface area contributed by atoms with Gasteiger partial charge in [0.05, 0.1) is 5.92 Å². The number of fused-ring (bicyclic) bond motifs is 1. The molecule has 0 aliphatic carbocycles. The van der Waals surface area contributed by atoms with Crippen molar-refractivity contribution in [1.29, 1.82) is 0 Å². The van der Waals surface area contributed by atoms with E-state index in [9.17, 15) is 14.0 Å². The van der Waals surface area contributed by atoms with Crippen molar-refractivity contribution in [2.75, 3.05) is 18.4 Å². The monoisotopic (exact) mass is 327 g/mol. The van der Waals surface area contributed by atoms with Crippen molar-refractivity contribution < 1.29 is 14.0 Å². The van der Waals surface area contributed by atoms with Gasteiger partial charge in [0.2, 0.25) is 11.8 Å². The number of halogens is 2. The summed E-state index contributed by atoms with van der Waals surface area (Å²) < 4.78 is 13.2. The minimum atomic E-state index is -0.546. The number of amides is 2. The number of nitrogens with one attached hydrogen (secondary N) is 3. The normalized spacial score (nSPS) is 23.2. The van der Waals surface area contributed by atoms with Gasteiger partial charge in [-0.25, -0.2) is 4.39 Å². The number of rotatable bonds is 3. The topological polar surface area (TPSA) is 70.2 Å². The average Bonchev–Trinajstić information content (AvgIpc) is 2.96. The van der Waals surface area contributed by atoms with Gasteiger partial charge in [0.1, 0.15) is 5.82 Å². The fraction of sp³-hybridized carbons (Fsp3) is 0.467. The molecule has 1 aromatic carbocycles. The quantitative estimate of drug-likeness (QED) is 0.788. The maximum atomic E-state index is 13.2. The Kier molecular flexibility index (Phi) is 5.37. The Morgan fingerprint density at radius 3 is 2.95 bits per heavy atom. The lowest BCUT2D eigenvalue weighted by atomic mass is 9.89. The summed E-state index contributed by atoms with van der Waals surface area (Å²) in [4.78, 5) is 24.0. The smallest absolute Gasteiger partial charge is 0.228 e. The summed E-state index contributed by atoms with van der Waals surface area (Å²) in [5.41, 5.74) is 1.07. The molecule has 120 valence electrons. The Morgan fingerprint density at radius 1 is 1.41 bits per heavy atom. The number of carbonyl (C=O) groups excluding carboxylic acids is 2.